The lowest BCUT2D eigenvalue weighted by Gasteiger charge is -2.36. The van der Waals surface area contributed by atoms with Crippen LogP contribution in [0.2, 0.25) is 0 Å². The standard InChI is InChI=1S/C28H42N2O3S/c1-6-10-16-28(9-4)20-34(31,32)26-17-22(19-29-23(7-2)8-3)25(33-5)18-24(26)27(30-28)21-14-12-11-13-15-21/h11-15,17-18,23,27,29-30H,6-10,16,19-20H2,1-5H3/t27-,28+/m0/s1. The summed E-state index contributed by atoms with van der Waals surface area (Å²) in [4.78, 5) is 0.433. The molecule has 0 bridgehead atoms. The number of hydrogen-bond acceptors (Lipinski definition) is 5. The van der Waals surface area contributed by atoms with Crippen LogP contribution in [0.3, 0.4) is 0 Å². The Morgan fingerprint density at radius 1 is 1.12 bits per heavy atom. The maximum Gasteiger partial charge on any atom is 0.180 e. The van der Waals surface area contributed by atoms with E-state index in [1.807, 2.05) is 30.3 Å². The highest BCUT2D eigenvalue weighted by Gasteiger charge is 2.42. The van der Waals surface area contributed by atoms with Crippen molar-refractivity contribution in [3.8, 4) is 5.75 Å². The van der Waals surface area contributed by atoms with E-state index in [2.05, 4.69) is 50.5 Å². The third-order valence-corrected chi connectivity index (χ3v) is 9.32. The van der Waals surface area contributed by atoms with Gasteiger partial charge in [0.15, 0.2) is 9.84 Å². The third kappa shape index (κ3) is 5.84. The predicted octanol–water partition coefficient (Wildman–Crippen LogP) is 5.78. The number of rotatable bonds is 11. The fourth-order valence-electron chi connectivity index (χ4n) is 5.09. The molecular formula is C28H42N2O3S. The van der Waals surface area contributed by atoms with E-state index in [0.717, 1.165) is 61.0 Å². The van der Waals surface area contributed by atoms with Gasteiger partial charge in [0.05, 0.1) is 23.8 Å². The summed E-state index contributed by atoms with van der Waals surface area (Å²) in [6.07, 6.45) is 5.66. The molecule has 6 heteroatoms. The molecule has 0 aromatic heterocycles. The first-order valence-electron chi connectivity index (χ1n) is 12.8. The zero-order valence-corrected chi connectivity index (χ0v) is 22.3. The van der Waals surface area contributed by atoms with E-state index in [-0.39, 0.29) is 11.8 Å². The van der Waals surface area contributed by atoms with Crippen molar-refractivity contribution in [1.82, 2.24) is 10.6 Å². The normalized spacial score (nSPS) is 21.8. The second kappa shape index (κ2) is 11.7. The van der Waals surface area contributed by atoms with E-state index in [0.29, 0.717) is 17.5 Å². The molecule has 0 unspecified atom stereocenters. The highest BCUT2D eigenvalue weighted by atomic mass is 32.2. The van der Waals surface area contributed by atoms with E-state index >= 15 is 0 Å². The molecule has 0 amide bonds. The Morgan fingerprint density at radius 2 is 1.82 bits per heavy atom. The van der Waals surface area contributed by atoms with Gasteiger partial charge in [-0.1, -0.05) is 70.9 Å². The lowest BCUT2D eigenvalue weighted by atomic mass is 9.88. The number of unbranched alkanes of at least 4 members (excludes halogenated alkanes) is 1. The van der Waals surface area contributed by atoms with Gasteiger partial charge in [0.25, 0.3) is 0 Å². The number of nitrogens with one attached hydrogen (secondary N) is 2. The zero-order valence-electron chi connectivity index (χ0n) is 21.5. The van der Waals surface area contributed by atoms with Crippen LogP contribution in [0.25, 0.3) is 0 Å². The summed E-state index contributed by atoms with van der Waals surface area (Å²) >= 11 is 0. The average molecular weight is 487 g/mol. The van der Waals surface area contributed by atoms with Crippen LogP contribution in [0, 0.1) is 0 Å². The van der Waals surface area contributed by atoms with Crippen LogP contribution >= 0.6 is 0 Å². The predicted molar refractivity (Wildman–Crippen MR) is 140 cm³/mol. The highest BCUT2D eigenvalue weighted by molar-refractivity contribution is 7.91. The van der Waals surface area contributed by atoms with Crippen molar-refractivity contribution in [2.45, 2.75) is 95.3 Å². The van der Waals surface area contributed by atoms with Gasteiger partial charge in [-0.3, -0.25) is 5.32 Å². The fourth-order valence-corrected chi connectivity index (χ4v) is 7.26. The Hall–Kier alpha value is -1.89. The molecule has 1 heterocycles. The summed E-state index contributed by atoms with van der Waals surface area (Å²) in [5.74, 6) is 0.839. The van der Waals surface area contributed by atoms with E-state index in [1.165, 1.54) is 0 Å². The van der Waals surface area contributed by atoms with Gasteiger partial charge in [0.2, 0.25) is 0 Å². The molecule has 0 spiro atoms. The number of hydrogen-bond donors (Lipinski definition) is 2. The molecular weight excluding hydrogens is 444 g/mol. The molecule has 5 nitrogen and oxygen atoms in total. The third-order valence-electron chi connectivity index (χ3n) is 7.36. The van der Waals surface area contributed by atoms with Crippen molar-refractivity contribution in [2.24, 2.45) is 0 Å². The van der Waals surface area contributed by atoms with E-state index in [1.54, 1.807) is 7.11 Å². The molecule has 0 saturated heterocycles. The largest absolute Gasteiger partial charge is 0.496 e. The molecule has 0 saturated carbocycles. The second-order valence-corrected chi connectivity index (χ2v) is 11.5. The van der Waals surface area contributed by atoms with E-state index in [4.69, 9.17) is 4.74 Å². The van der Waals surface area contributed by atoms with Crippen LogP contribution in [0.4, 0.5) is 0 Å². The van der Waals surface area contributed by atoms with Crippen LogP contribution in [-0.4, -0.2) is 32.9 Å². The van der Waals surface area contributed by atoms with Crippen molar-refractivity contribution in [3.05, 3.63) is 59.2 Å². The molecule has 1 aliphatic heterocycles. The first kappa shape index (κ1) is 26.7. The van der Waals surface area contributed by atoms with Gasteiger partial charge in [0, 0.05) is 23.7 Å². The van der Waals surface area contributed by atoms with Gasteiger partial charge < -0.3 is 10.1 Å². The Morgan fingerprint density at radius 3 is 2.41 bits per heavy atom. The van der Waals surface area contributed by atoms with Gasteiger partial charge in [-0.2, -0.15) is 0 Å². The van der Waals surface area contributed by atoms with Crippen LogP contribution in [0.1, 0.15) is 89.0 Å². The van der Waals surface area contributed by atoms with Crippen molar-refractivity contribution >= 4 is 9.84 Å². The van der Waals surface area contributed by atoms with Gasteiger partial charge >= 0.3 is 0 Å². The summed E-state index contributed by atoms with van der Waals surface area (Å²) in [6.45, 7) is 9.16. The number of benzene rings is 2. The monoisotopic (exact) mass is 486 g/mol. The Labute approximate surface area is 206 Å². The summed E-state index contributed by atoms with van der Waals surface area (Å²) in [6, 6.07) is 14.2. The number of ether oxygens (including phenoxy) is 1. The molecule has 188 valence electrons. The lowest BCUT2D eigenvalue weighted by molar-refractivity contribution is 0.294. The smallest absolute Gasteiger partial charge is 0.180 e. The zero-order chi connectivity index (χ0) is 24.8. The quantitative estimate of drug-likeness (QED) is 0.421. The van der Waals surface area contributed by atoms with Crippen molar-refractivity contribution in [3.63, 3.8) is 0 Å². The molecule has 2 atom stereocenters. The number of methoxy groups -OCH3 is 1. The van der Waals surface area contributed by atoms with Gasteiger partial charge in [-0.25, -0.2) is 8.42 Å². The summed E-state index contributed by atoms with van der Waals surface area (Å²) in [5, 5.41) is 7.40. The maximum absolute atomic E-state index is 13.9. The molecule has 2 aromatic rings. The van der Waals surface area contributed by atoms with Gasteiger partial charge in [-0.05, 0) is 48.9 Å². The molecule has 2 N–H and O–H groups in total. The first-order chi connectivity index (χ1) is 16.3. The first-order valence-corrected chi connectivity index (χ1v) is 14.5. The van der Waals surface area contributed by atoms with Crippen molar-refractivity contribution in [1.29, 1.82) is 0 Å². The molecule has 0 fully saturated rings. The fraction of sp³-hybridized carbons (Fsp3) is 0.571. The van der Waals surface area contributed by atoms with E-state index < -0.39 is 15.4 Å². The minimum atomic E-state index is -3.51. The summed E-state index contributed by atoms with van der Waals surface area (Å²) in [5.41, 5.74) is 2.26. The molecule has 0 aliphatic carbocycles. The van der Waals surface area contributed by atoms with Crippen LogP contribution in [-0.2, 0) is 16.4 Å². The number of fused-ring (bicyclic) bond motifs is 1. The SMILES string of the molecule is CCCC[C@]1(CC)CS(=O)(=O)c2cc(CNC(CC)CC)c(OC)cc2[C@H](c2ccccc2)N1. The van der Waals surface area contributed by atoms with Crippen LogP contribution in [0.15, 0.2) is 47.4 Å². The molecule has 1 aliphatic rings. The lowest BCUT2D eigenvalue weighted by Crippen LogP contribution is -2.50. The van der Waals surface area contributed by atoms with E-state index in [9.17, 15) is 8.42 Å². The maximum atomic E-state index is 13.9. The minimum Gasteiger partial charge on any atom is -0.496 e. The van der Waals surface area contributed by atoms with Gasteiger partial charge in [0.1, 0.15) is 5.75 Å². The highest BCUT2D eigenvalue weighted by Crippen LogP contribution is 2.40. The Bertz CT molecular complexity index is 1040. The summed E-state index contributed by atoms with van der Waals surface area (Å²) in [7, 11) is -1.85. The van der Waals surface area contributed by atoms with Gasteiger partial charge in [-0.15, -0.1) is 0 Å². The summed E-state index contributed by atoms with van der Waals surface area (Å²) < 4.78 is 33.6. The van der Waals surface area contributed by atoms with Crippen LogP contribution < -0.4 is 15.4 Å². The second-order valence-electron chi connectivity index (χ2n) is 9.58. The molecule has 2 aromatic carbocycles. The molecule has 34 heavy (non-hydrogen) atoms. The topological polar surface area (TPSA) is 67.4 Å². The molecule has 3 rings (SSSR count). The van der Waals surface area contributed by atoms with Crippen molar-refractivity contribution in [2.75, 3.05) is 12.9 Å². The van der Waals surface area contributed by atoms with Crippen molar-refractivity contribution < 1.29 is 13.2 Å². The van der Waals surface area contributed by atoms with Crippen LogP contribution in [0.5, 0.6) is 5.75 Å². The number of sulfone groups is 1. The average Bonchev–Trinajstić information content (AvgIpc) is 2.95. The Kier molecular flexibility index (Phi) is 9.19. The molecule has 0 radical (unpaired) electrons. The Balaban J connectivity index is 2.17. The minimum absolute atomic E-state index is 0.110.